The van der Waals surface area contributed by atoms with Gasteiger partial charge in [-0.15, -0.1) is 0 Å². The number of rotatable bonds is 8. The molecule has 3 aromatic rings. The van der Waals surface area contributed by atoms with E-state index in [4.69, 9.17) is 5.11 Å². The van der Waals surface area contributed by atoms with Crippen molar-refractivity contribution < 1.29 is 9.90 Å². The first kappa shape index (κ1) is 21.1. The standard InChI is InChI=1S/C22H25N3O3S/c1-15(2)16-8-3-5-10-18(16)23-20(27)14-29-22-24-19-11-6-4-9-17(19)21(28)25(22)12-7-13-26/h3-6,8-11,15,26H,7,12-14H2,1-2H3,(H,23,27). The predicted octanol–water partition coefficient (Wildman–Crippen LogP) is 3.63. The molecule has 3 rings (SSSR count). The van der Waals surface area contributed by atoms with Crippen LogP contribution in [0.25, 0.3) is 10.9 Å². The largest absolute Gasteiger partial charge is 0.396 e. The molecular formula is C22H25N3O3S. The van der Waals surface area contributed by atoms with Crippen molar-refractivity contribution in [2.24, 2.45) is 0 Å². The van der Waals surface area contributed by atoms with E-state index in [2.05, 4.69) is 24.1 Å². The van der Waals surface area contributed by atoms with E-state index in [1.807, 2.05) is 30.3 Å². The molecule has 1 heterocycles. The van der Waals surface area contributed by atoms with Gasteiger partial charge < -0.3 is 10.4 Å². The molecule has 29 heavy (non-hydrogen) atoms. The van der Waals surface area contributed by atoms with Gasteiger partial charge in [-0.1, -0.05) is 55.9 Å². The first-order valence-electron chi connectivity index (χ1n) is 9.63. The zero-order chi connectivity index (χ0) is 20.8. The van der Waals surface area contributed by atoms with E-state index in [0.717, 1.165) is 11.3 Å². The minimum atomic E-state index is -0.155. The highest BCUT2D eigenvalue weighted by molar-refractivity contribution is 7.99. The monoisotopic (exact) mass is 411 g/mol. The van der Waals surface area contributed by atoms with Crippen molar-refractivity contribution in [3.63, 3.8) is 0 Å². The third-order valence-corrected chi connectivity index (χ3v) is 5.53. The van der Waals surface area contributed by atoms with Crippen LogP contribution in [0.2, 0.25) is 0 Å². The number of aliphatic hydroxyl groups is 1. The number of hydrogen-bond acceptors (Lipinski definition) is 5. The second-order valence-corrected chi connectivity index (χ2v) is 7.97. The Morgan fingerprint density at radius 2 is 1.90 bits per heavy atom. The van der Waals surface area contributed by atoms with Gasteiger partial charge in [0.25, 0.3) is 5.56 Å². The fourth-order valence-corrected chi connectivity index (χ4v) is 3.94. The lowest BCUT2D eigenvalue weighted by Crippen LogP contribution is -2.25. The molecule has 0 radical (unpaired) electrons. The van der Waals surface area contributed by atoms with Gasteiger partial charge >= 0.3 is 0 Å². The molecule has 7 heteroatoms. The van der Waals surface area contributed by atoms with E-state index < -0.39 is 0 Å². The maximum atomic E-state index is 12.8. The van der Waals surface area contributed by atoms with Gasteiger partial charge in [0.05, 0.1) is 16.7 Å². The van der Waals surface area contributed by atoms with Gasteiger partial charge in [-0.2, -0.15) is 0 Å². The Morgan fingerprint density at radius 3 is 2.66 bits per heavy atom. The molecule has 0 spiro atoms. The first-order chi connectivity index (χ1) is 14.0. The number of nitrogens with zero attached hydrogens (tertiary/aromatic N) is 2. The van der Waals surface area contributed by atoms with Crippen molar-refractivity contribution in [1.29, 1.82) is 0 Å². The Hall–Kier alpha value is -2.64. The molecule has 152 valence electrons. The van der Waals surface area contributed by atoms with E-state index in [0.29, 0.717) is 34.9 Å². The third-order valence-electron chi connectivity index (χ3n) is 4.56. The number of para-hydroxylation sites is 2. The fourth-order valence-electron chi connectivity index (χ4n) is 3.11. The van der Waals surface area contributed by atoms with Crippen molar-refractivity contribution in [3.8, 4) is 0 Å². The number of thioether (sulfide) groups is 1. The zero-order valence-corrected chi connectivity index (χ0v) is 17.4. The highest BCUT2D eigenvalue weighted by Gasteiger charge is 2.14. The van der Waals surface area contributed by atoms with Crippen molar-refractivity contribution in [2.45, 2.75) is 37.9 Å². The van der Waals surface area contributed by atoms with Crippen LogP contribution in [0.15, 0.2) is 58.5 Å². The molecule has 0 aliphatic heterocycles. The first-order valence-corrected chi connectivity index (χ1v) is 10.6. The number of fused-ring (bicyclic) bond motifs is 1. The van der Waals surface area contributed by atoms with Crippen molar-refractivity contribution in [1.82, 2.24) is 9.55 Å². The number of benzene rings is 2. The Bertz CT molecular complexity index is 1060. The van der Waals surface area contributed by atoms with Gasteiger partial charge in [-0.25, -0.2) is 4.98 Å². The highest BCUT2D eigenvalue weighted by Crippen LogP contribution is 2.24. The van der Waals surface area contributed by atoms with E-state index in [-0.39, 0.29) is 23.8 Å². The molecule has 0 saturated heterocycles. The van der Waals surface area contributed by atoms with Crippen LogP contribution in [0.1, 0.15) is 31.7 Å². The van der Waals surface area contributed by atoms with Crippen LogP contribution >= 0.6 is 11.8 Å². The maximum absolute atomic E-state index is 12.8. The lowest BCUT2D eigenvalue weighted by molar-refractivity contribution is -0.113. The molecule has 0 saturated carbocycles. The number of amides is 1. The second kappa shape index (κ2) is 9.71. The summed E-state index contributed by atoms with van der Waals surface area (Å²) >= 11 is 1.23. The molecule has 0 aliphatic rings. The molecule has 1 aromatic heterocycles. The van der Waals surface area contributed by atoms with Crippen LogP contribution in [0.3, 0.4) is 0 Å². The summed E-state index contributed by atoms with van der Waals surface area (Å²) in [4.78, 5) is 30.0. The van der Waals surface area contributed by atoms with Crippen LogP contribution in [-0.2, 0) is 11.3 Å². The number of anilines is 1. The van der Waals surface area contributed by atoms with Gasteiger partial charge in [0.15, 0.2) is 5.16 Å². The van der Waals surface area contributed by atoms with Crippen LogP contribution in [0.4, 0.5) is 5.69 Å². The lowest BCUT2D eigenvalue weighted by Gasteiger charge is -2.14. The Morgan fingerprint density at radius 1 is 1.17 bits per heavy atom. The zero-order valence-electron chi connectivity index (χ0n) is 16.6. The van der Waals surface area contributed by atoms with Crippen LogP contribution < -0.4 is 10.9 Å². The number of hydrogen-bond donors (Lipinski definition) is 2. The predicted molar refractivity (Wildman–Crippen MR) is 118 cm³/mol. The summed E-state index contributed by atoms with van der Waals surface area (Å²) in [6.45, 7) is 4.50. The lowest BCUT2D eigenvalue weighted by atomic mass is 10.0. The average molecular weight is 412 g/mol. The molecule has 0 bridgehead atoms. The smallest absolute Gasteiger partial charge is 0.262 e. The summed E-state index contributed by atoms with van der Waals surface area (Å²) < 4.78 is 1.54. The minimum Gasteiger partial charge on any atom is -0.396 e. The SMILES string of the molecule is CC(C)c1ccccc1NC(=O)CSc1nc2ccccc2c(=O)n1CCCO. The van der Waals surface area contributed by atoms with Crippen molar-refractivity contribution >= 4 is 34.3 Å². The minimum absolute atomic E-state index is 0.0180. The van der Waals surface area contributed by atoms with Crippen LogP contribution in [0, 0.1) is 0 Å². The van der Waals surface area contributed by atoms with Gasteiger partial charge in [-0.05, 0) is 36.1 Å². The Balaban J connectivity index is 1.81. The Labute approximate surface area is 174 Å². The maximum Gasteiger partial charge on any atom is 0.262 e. The van der Waals surface area contributed by atoms with E-state index >= 15 is 0 Å². The van der Waals surface area contributed by atoms with Gasteiger partial charge in [0.1, 0.15) is 0 Å². The van der Waals surface area contributed by atoms with Crippen molar-refractivity contribution in [3.05, 3.63) is 64.4 Å². The number of carbonyl (C=O) groups excluding carboxylic acids is 1. The van der Waals surface area contributed by atoms with E-state index in [1.165, 1.54) is 11.8 Å². The van der Waals surface area contributed by atoms with Gasteiger partial charge in [-0.3, -0.25) is 14.2 Å². The second-order valence-electron chi connectivity index (χ2n) is 7.02. The average Bonchev–Trinajstić information content (AvgIpc) is 2.72. The number of aliphatic hydroxyl groups excluding tert-OH is 1. The van der Waals surface area contributed by atoms with Crippen LogP contribution in [-0.4, -0.2) is 32.9 Å². The van der Waals surface area contributed by atoms with E-state index in [9.17, 15) is 9.59 Å². The molecule has 6 nitrogen and oxygen atoms in total. The van der Waals surface area contributed by atoms with E-state index in [1.54, 1.807) is 22.8 Å². The number of nitrogens with one attached hydrogen (secondary N) is 1. The van der Waals surface area contributed by atoms with Crippen molar-refractivity contribution in [2.75, 3.05) is 17.7 Å². The molecule has 0 fully saturated rings. The normalized spacial score (nSPS) is 11.2. The number of carbonyl (C=O) groups is 1. The summed E-state index contributed by atoms with van der Waals surface area (Å²) in [6, 6.07) is 14.9. The number of aromatic nitrogens is 2. The highest BCUT2D eigenvalue weighted by atomic mass is 32.2. The summed E-state index contributed by atoms with van der Waals surface area (Å²) in [5.41, 5.74) is 2.33. The summed E-state index contributed by atoms with van der Waals surface area (Å²) in [7, 11) is 0. The van der Waals surface area contributed by atoms with Gasteiger partial charge in [0, 0.05) is 18.8 Å². The molecule has 0 aliphatic carbocycles. The molecular weight excluding hydrogens is 386 g/mol. The molecule has 1 amide bonds. The van der Waals surface area contributed by atoms with Gasteiger partial charge in [0.2, 0.25) is 5.91 Å². The topological polar surface area (TPSA) is 84.2 Å². The molecule has 2 N–H and O–H groups in total. The summed E-state index contributed by atoms with van der Waals surface area (Å²) in [6.07, 6.45) is 0.446. The molecule has 0 unspecified atom stereocenters. The quantitative estimate of drug-likeness (QED) is 0.437. The summed E-state index contributed by atoms with van der Waals surface area (Å²) in [5, 5.41) is 13.1. The fraction of sp³-hybridized carbons (Fsp3) is 0.318. The Kier molecular flexibility index (Phi) is 7.06. The summed E-state index contributed by atoms with van der Waals surface area (Å²) in [5.74, 6) is 0.278. The van der Waals surface area contributed by atoms with Crippen LogP contribution in [0.5, 0.6) is 0 Å². The third kappa shape index (κ3) is 5.05. The molecule has 2 aromatic carbocycles. The molecule has 0 atom stereocenters.